The number of carbonyl (C=O) groups is 1. The molecule has 4 nitrogen and oxygen atoms in total. The zero-order chi connectivity index (χ0) is 16.1. The molecule has 0 saturated carbocycles. The molecule has 0 bridgehead atoms. The monoisotopic (exact) mass is 389 g/mol. The number of halogens is 3. The minimum Gasteiger partial charge on any atom is -0.343 e. The Hall–Kier alpha value is -1.33. The Morgan fingerprint density at radius 3 is 2.42 bits per heavy atom. The number of amides is 1. The SMILES string of the molecule is CC(N)C(C)C(=O)NC(c1cccc(Cl)c1)c1ccccn1.Cl.Cl. The summed E-state index contributed by atoms with van der Waals surface area (Å²) in [7, 11) is 0. The van der Waals surface area contributed by atoms with Crippen molar-refractivity contribution in [1.82, 2.24) is 10.3 Å². The molecule has 3 N–H and O–H groups in total. The molecule has 0 aliphatic carbocycles. The smallest absolute Gasteiger partial charge is 0.225 e. The van der Waals surface area contributed by atoms with E-state index in [0.717, 1.165) is 11.3 Å². The van der Waals surface area contributed by atoms with E-state index in [1.807, 2.05) is 50.2 Å². The van der Waals surface area contributed by atoms with Crippen molar-refractivity contribution in [2.75, 3.05) is 0 Å². The number of rotatable bonds is 5. The van der Waals surface area contributed by atoms with Gasteiger partial charge in [-0.25, -0.2) is 0 Å². The van der Waals surface area contributed by atoms with Crippen molar-refractivity contribution in [3.05, 3.63) is 64.9 Å². The Morgan fingerprint density at radius 2 is 1.88 bits per heavy atom. The van der Waals surface area contributed by atoms with Crippen molar-refractivity contribution >= 4 is 42.3 Å². The van der Waals surface area contributed by atoms with Gasteiger partial charge in [-0.3, -0.25) is 9.78 Å². The van der Waals surface area contributed by atoms with Gasteiger partial charge < -0.3 is 11.1 Å². The van der Waals surface area contributed by atoms with Crippen LogP contribution in [0.5, 0.6) is 0 Å². The van der Waals surface area contributed by atoms with E-state index in [9.17, 15) is 4.79 Å². The molecule has 0 saturated heterocycles. The summed E-state index contributed by atoms with van der Waals surface area (Å²) < 4.78 is 0. The Morgan fingerprint density at radius 1 is 1.17 bits per heavy atom. The van der Waals surface area contributed by atoms with Gasteiger partial charge in [0.05, 0.1) is 11.7 Å². The van der Waals surface area contributed by atoms with Crippen LogP contribution in [0.4, 0.5) is 0 Å². The van der Waals surface area contributed by atoms with E-state index in [1.165, 1.54) is 0 Å². The molecular formula is C17H22Cl3N3O. The van der Waals surface area contributed by atoms with Crippen LogP contribution in [0.2, 0.25) is 5.02 Å². The number of nitrogens with one attached hydrogen (secondary N) is 1. The van der Waals surface area contributed by atoms with E-state index in [0.29, 0.717) is 5.02 Å². The van der Waals surface area contributed by atoms with E-state index in [1.54, 1.807) is 12.3 Å². The first-order chi connectivity index (χ1) is 10.5. The number of pyridine rings is 1. The lowest BCUT2D eigenvalue weighted by atomic mass is 9.99. The molecule has 0 spiro atoms. The summed E-state index contributed by atoms with van der Waals surface area (Å²) in [5.74, 6) is -0.393. The van der Waals surface area contributed by atoms with Crippen LogP contribution in [0.15, 0.2) is 48.7 Å². The first-order valence-electron chi connectivity index (χ1n) is 7.21. The maximum atomic E-state index is 12.4. The van der Waals surface area contributed by atoms with E-state index in [2.05, 4.69) is 10.3 Å². The number of hydrogen-bond donors (Lipinski definition) is 2. The standard InChI is InChI=1S/C17H20ClN3O.2ClH/c1-11(12(2)19)17(22)21-16(15-8-3-4-9-20-15)13-6-5-7-14(18)10-13;;/h3-12,16H,19H2,1-2H3,(H,21,22);2*1H. The maximum absolute atomic E-state index is 12.4. The number of aromatic nitrogens is 1. The predicted octanol–water partition coefficient (Wildman–Crippen LogP) is 3.77. The molecule has 2 aromatic rings. The number of nitrogens with zero attached hydrogens (tertiary/aromatic N) is 1. The highest BCUT2D eigenvalue weighted by Gasteiger charge is 2.23. The molecule has 3 atom stereocenters. The molecule has 2 rings (SSSR count). The van der Waals surface area contributed by atoms with E-state index in [4.69, 9.17) is 17.3 Å². The zero-order valence-corrected chi connectivity index (χ0v) is 15.9. The van der Waals surface area contributed by atoms with E-state index >= 15 is 0 Å². The number of hydrogen-bond acceptors (Lipinski definition) is 3. The second-order valence-corrected chi connectivity index (χ2v) is 5.84. The normalized spacial score (nSPS) is 13.7. The second kappa shape index (κ2) is 10.5. The molecule has 1 aromatic heterocycles. The van der Waals surface area contributed by atoms with Crippen LogP contribution in [0.1, 0.15) is 31.1 Å². The van der Waals surface area contributed by atoms with Crippen LogP contribution in [0.3, 0.4) is 0 Å². The first kappa shape index (κ1) is 22.7. The van der Waals surface area contributed by atoms with Gasteiger partial charge in [0.25, 0.3) is 0 Å². The molecule has 132 valence electrons. The van der Waals surface area contributed by atoms with Gasteiger partial charge in [-0.2, -0.15) is 0 Å². The molecule has 0 fully saturated rings. The molecule has 0 aliphatic heterocycles. The number of carbonyl (C=O) groups excluding carboxylic acids is 1. The van der Waals surface area contributed by atoms with E-state index in [-0.39, 0.29) is 48.7 Å². The van der Waals surface area contributed by atoms with Gasteiger partial charge >= 0.3 is 0 Å². The second-order valence-electron chi connectivity index (χ2n) is 5.40. The summed E-state index contributed by atoms with van der Waals surface area (Å²) in [5.41, 5.74) is 7.46. The molecule has 1 aromatic carbocycles. The van der Waals surface area contributed by atoms with Gasteiger partial charge in [-0.05, 0) is 36.8 Å². The lowest BCUT2D eigenvalue weighted by Crippen LogP contribution is -2.40. The lowest BCUT2D eigenvalue weighted by molar-refractivity contribution is -0.125. The summed E-state index contributed by atoms with van der Waals surface area (Å²) in [6.45, 7) is 3.63. The summed E-state index contributed by atoms with van der Waals surface area (Å²) >= 11 is 6.07. The van der Waals surface area contributed by atoms with Gasteiger partial charge in [0.1, 0.15) is 0 Å². The van der Waals surface area contributed by atoms with Gasteiger partial charge in [-0.1, -0.05) is 36.7 Å². The van der Waals surface area contributed by atoms with Gasteiger partial charge in [0, 0.05) is 23.2 Å². The third-order valence-corrected chi connectivity index (χ3v) is 3.89. The van der Waals surface area contributed by atoms with Crippen molar-refractivity contribution in [3.63, 3.8) is 0 Å². The third-order valence-electron chi connectivity index (χ3n) is 3.65. The molecule has 3 unspecified atom stereocenters. The van der Waals surface area contributed by atoms with Crippen molar-refractivity contribution in [3.8, 4) is 0 Å². The van der Waals surface area contributed by atoms with Gasteiger partial charge in [0.2, 0.25) is 5.91 Å². The summed E-state index contributed by atoms with van der Waals surface area (Å²) in [6.07, 6.45) is 1.70. The van der Waals surface area contributed by atoms with Crippen LogP contribution in [-0.4, -0.2) is 16.9 Å². The Kier molecular flexibility index (Phi) is 9.93. The van der Waals surface area contributed by atoms with Gasteiger partial charge in [-0.15, -0.1) is 24.8 Å². The first-order valence-corrected chi connectivity index (χ1v) is 7.59. The number of nitrogens with two attached hydrogens (primary N) is 1. The van der Waals surface area contributed by atoms with Crippen LogP contribution < -0.4 is 11.1 Å². The number of benzene rings is 1. The predicted molar refractivity (Wildman–Crippen MR) is 103 cm³/mol. The molecule has 1 amide bonds. The third kappa shape index (κ3) is 5.95. The fourth-order valence-electron chi connectivity index (χ4n) is 2.07. The minimum absolute atomic E-state index is 0. The molecule has 7 heteroatoms. The van der Waals surface area contributed by atoms with E-state index < -0.39 is 0 Å². The quantitative estimate of drug-likeness (QED) is 0.816. The highest BCUT2D eigenvalue weighted by Crippen LogP contribution is 2.23. The van der Waals surface area contributed by atoms with Crippen molar-refractivity contribution in [2.45, 2.75) is 25.9 Å². The fraction of sp³-hybridized carbons (Fsp3) is 0.294. The molecule has 24 heavy (non-hydrogen) atoms. The molecular weight excluding hydrogens is 369 g/mol. The average Bonchev–Trinajstić information content (AvgIpc) is 2.52. The highest BCUT2D eigenvalue weighted by molar-refractivity contribution is 6.30. The van der Waals surface area contributed by atoms with Crippen LogP contribution in [0.25, 0.3) is 0 Å². The fourth-order valence-corrected chi connectivity index (χ4v) is 2.27. The van der Waals surface area contributed by atoms with Crippen molar-refractivity contribution < 1.29 is 4.79 Å². The Balaban J connectivity index is 0.00000264. The summed E-state index contributed by atoms with van der Waals surface area (Å²) in [5, 5.41) is 3.64. The molecule has 0 radical (unpaired) electrons. The molecule has 0 aliphatic rings. The lowest BCUT2D eigenvalue weighted by Gasteiger charge is -2.22. The highest BCUT2D eigenvalue weighted by atomic mass is 35.5. The van der Waals surface area contributed by atoms with Crippen LogP contribution in [0, 0.1) is 5.92 Å². The van der Waals surface area contributed by atoms with Crippen LogP contribution >= 0.6 is 36.4 Å². The maximum Gasteiger partial charge on any atom is 0.225 e. The molecule has 1 heterocycles. The van der Waals surface area contributed by atoms with Crippen LogP contribution in [-0.2, 0) is 4.79 Å². The summed E-state index contributed by atoms with van der Waals surface area (Å²) in [4.78, 5) is 16.7. The average molecular weight is 391 g/mol. The summed E-state index contributed by atoms with van der Waals surface area (Å²) in [6, 6.07) is 12.4. The largest absolute Gasteiger partial charge is 0.343 e. The Labute approximate surface area is 160 Å². The van der Waals surface area contributed by atoms with Crippen molar-refractivity contribution in [1.29, 1.82) is 0 Å². The Bertz CT molecular complexity index is 638. The minimum atomic E-state index is -0.353. The topological polar surface area (TPSA) is 68.0 Å². The van der Waals surface area contributed by atoms with Crippen molar-refractivity contribution in [2.24, 2.45) is 11.7 Å². The zero-order valence-electron chi connectivity index (χ0n) is 13.5. The van der Waals surface area contributed by atoms with Gasteiger partial charge in [0.15, 0.2) is 0 Å².